The first kappa shape index (κ1) is 18.4. The largest absolute Gasteiger partial charge is 0.355 e. The molecule has 1 atom stereocenters. The molecule has 0 saturated carbocycles. The van der Waals surface area contributed by atoms with Crippen LogP contribution in [0, 0.1) is 5.92 Å². The molecule has 0 aliphatic carbocycles. The SMILES string of the molecule is CC(C)CCNC(=O)[C@@H](C)NS(=O)(=O)c1ccc2ccccc2c1. The fraction of sp³-hybridized carbons (Fsp3) is 0.389. The summed E-state index contributed by atoms with van der Waals surface area (Å²) in [5, 5.41) is 4.56. The van der Waals surface area contributed by atoms with Crippen LogP contribution < -0.4 is 10.0 Å². The summed E-state index contributed by atoms with van der Waals surface area (Å²) >= 11 is 0. The third-order valence-corrected chi connectivity index (χ3v) is 5.32. The first-order valence-electron chi connectivity index (χ1n) is 8.08. The fourth-order valence-corrected chi connectivity index (χ4v) is 3.56. The van der Waals surface area contributed by atoms with E-state index < -0.39 is 16.1 Å². The topological polar surface area (TPSA) is 75.3 Å². The molecule has 2 aromatic carbocycles. The predicted octanol–water partition coefficient (Wildman–Crippen LogP) is 2.67. The van der Waals surface area contributed by atoms with Gasteiger partial charge in [0.05, 0.1) is 10.9 Å². The molecule has 5 nitrogen and oxygen atoms in total. The lowest BCUT2D eigenvalue weighted by molar-refractivity contribution is -0.122. The second kappa shape index (κ2) is 7.77. The Labute approximate surface area is 143 Å². The molecule has 0 spiro atoms. The maximum atomic E-state index is 12.5. The molecule has 1 amide bonds. The van der Waals surface area contributed by atoms with Crippen molar-refractivity contribution in [1.29, 1.82) is 0 Å². The Kier molecular flexibility index (Phi) is 5.96. The number of fused-ring (bicyclic) bond motifs is 1. The van der Waals surface area contributed by atoms with Crippen molar-refractivity contribution in [2.45, 2.75) is 38.1 Å². The summed E-state index contributed by atoms with van der Waals surface area (Å²) in [7, 11) is -3.75. The van der Waals surface area contributed by atoms with Gasteiger partial charge < -0.3 is 5.32 Å². The summed E-state index contributed by atoms with van der Waals surface area (Å²) in [5.41, 5.74) is 0. The van der Waals surface area contributed by atoms with Gasteiger partial charge in [0.15, 0.2) is 0 Å². The summed E-state index contributed by atoms with van der Waals surface area (Å²) in [6.45, 7) is 6.22. The average molecular weight is 348 g/mol. The predicted molar refractivity (Wildman–Crippen MR) is 96.2 cm³/mol. The van der Waals surface area contributed by atoms with E-state index in [2.05, 4.69) is 23.9 Å². The van der Waals surface area contributed by atoms with E-state index in [1.165, 1.54) is 0 Å². The minimum Gasteiger partial charge on any atom is -0.355 e. The Balaban J connectivity index is 2.07. The average Bonchev–Trinajstić information content (AvgIpc) is 2.53. The Morgan fingerprint density at radius 1 is 1.04 bits per heavy atom. The molecule has 24 heavy (non-hydrogen) atoms. The molecule has 0 saturated heterocycles. The molecule has 0 heterocycles. The molecule has 0 radical (unpaired) electrons. The standard InChI is InChI=1S/C18H24N2O3S/c1-13(2)10-11-19-18(21)14(3)20-24(22,23)17-9-8-15-6-4-5-7-16(15)12-17/h4-9,12-14,20H,10-11H2,1-3H3,(H,19,21)/t14-/m1/s1. The zero-order valence-electron chi connectivity index (χ0n) is 14.2. The van der Waals surface area contributed by atoms with Gasteiger partial charge >= 0.3 is 0 Å². The van der Waals surface area contributed by atoms with E-state index >= 15 is 0 Å². The molecular weight excluding hydrogens is 324 g/mol. The number of carbonyl (C=O) groups is 1. The van der Waals surface area contributed by atoms with Crippen LogP contribution >= 0.6 is 0 Å². The van der Waals surface area contributed by atoms with Crippen LogP contribution in [0.15, 0.2) is 47.4 Å². The number of nitrogens with one attached hydrogen (secondary N) is 2. The minimum absolute atomic E-state index is 0.156. The van der Waals surface area contributed by atoms with E-state index in [0.717, 1.165) is 17.2 Å². The summed E-state index contributed by atoms with van der Waals surface area (Å²) in [5.74, 6) is 0.162. The Bertz CT molecular complexity index is 816. The van der Waals surface area contributed by atoms with Crippen molar-refractivity contribution in [2.75, 3.05) is 6.54 Å². The van der Waals surface area contributed by atoms with E-state index in [1.807, 2.05) is 24.3 Å². The Hall–Kier alpha value is -1.92. The summed E-state index contributed by atoms with van der Waals surface area (Å²) in [6, 6.07) is 11.6. The quantitative estimate of drug-likeness (QED) is 0.808. The van der Waals surface area contributed by atoms with E-state index in [4.69, 9.17) is 0 Å². The Morgan fingerprint density at radius 3 is 2.38 bits per heavy atom. The highest BCUT2D eigenvalue weighted by Gasteiger charge is 2.22. The van der Waals surface area contributed by atoms with Crippen LogP contribution in [0.4, 0.5) is 0 Å². The molecule has 130 valence electrons. The van der Waals surface area contributed by atoms with Gasteiger partial charge in [-0.25, -0.2) is 8.42 Å². The number of carbonyl (C=O) groups excluding carboxylic acids is 1. The van der Waals surface area contributed by atoms with Crippen LogP contribution in [-0.4, -0.2) is 26.9 Å². The molecule has 0 aliphatic rings. The van der Waals surface area contributed by atoms with Crippen molar-refractivity contribution in [3.05, 3.63) is 42.5 Å². The molecule has 0 fully saturated rings. The number of amides is 1. The zero-order chi connectivity index (χ0) is 17.7. The minimum atomic E-state index is -3.75. The third kappa shape index (κ3) is 4.79. The summed E-state index contributed by atoms with van der Waals surface area (Å²) in [4.78, 5) is 12.2. The summed E-state index contributed by atoms with van der Waals surface area (Å²) in [6.07, 6.45) is 0.857. The highest BCUT2D eigenvalue weighted by Crippen LogP contribution is 2.19. The van der Waals surface area contributed by atoms with Crippen LogP contribution in [0.2, 0.25) is 0 Å². The number of sulfonamides is 1. The number of hydrogen-bond acceptors (Lipinski definition) is 3. The molecule has 2 aromatic rings. The van der Waals surface area contributed by atoms with E-state index in [0.29, 0.717) is 12.5 Å². The van der Waals surface area contributed by atoms with Gasteiger partial charge in [-0.1, -0.05) is 44.2 Å². The van der Waals surface area contributed by atoms with E-state index in [-0.39, 0.29) is 10.8 Å². The molecule has 2 rings (SSSR count). The highest BCUT2D eigenvalue weighted by atomic mass is 32.2. The van der Waals surface area contributed by atoms with E-state index in [9.17, 15) is 13.2 Å². The van der Waals surface area contributed by atoms with Crippen molar-refractivity contribution >= 4 is 26.7 Å². The van der Waals surface area contributed by atoms with E-state index in [1.54, 1.807) is 25.1 Å². The number of hydrogen-bond donors (Lipinski definition) is 2. The van der Waals surface area contributed by atoms with Crippen molar-refractivity contribution in [2.24, 2.45) is 5.92 Å². The van der Waals surface area contributed by atoms with Crippen LogP contribution in [0.5, 0.6) is 0 Å². The van der Waals surface area contributed by atoms with Gasteiger partial charge in [-0.05, 0) is 42.2 Å². The molecule has 2 N–H and O–H groups in total. The molecule has 0 bridgehead atoms. The van der Waals surface area contributed by atoms with Crippen LogP contribution in [0.3, 0.4) is 0 Å². The normalized spacial score (nSPS) is 13.2. The van der Waals surface area contributed by atoms with Crippen molar-refractivity contribution in [1.82, 2.24) is 10.0 Å². The monoisotopic (exact) mass is 348 g/mol. The van der Waals surface area contributed by atoms with Crippen molar-refractivity contribution < 1.29 is 13.2 Å². The van der Waals surface area contributed by atoms with Gasteiger partial charge in [0.1, 0.15) is 0 Å². The van der Waals surface area contributed by atoms with Crippen LogP contribution in [-0.2, 0) is 14.8 Å². The van der Waals surface area contributed by atoms with Crippen LogP contribution in [0.25, 0.3) is 10.8 Å². The Morgan fingerprint density at radius 2 is 1.71 bits per heavy atom. The molecule has 0 aromatic heterocycles. The lowest BCUT2D eigenvalue weighted by Gasteiger charge is -2.15. The first-order chi connectivity index (χ1) is 11.3. The van der Waals surface area contributed by atoms with Gasteiger partial charge in [-0.2, -0.15) is 4.72 Å². The van der Waals surface area contributed by atoms with Gasteiger partial charge in [-0.15, -0.1) is 0 Å². The van der Waals surface area contributed by atoms with Crippen molar-refractivity contribution in [3.8, 4) is 0 Å². The molecule has 0 unspecified atom stereocenters. The molecule has 0 aliphatic heterocycles. The number of rotatable bonds is 7. The van der Waals surface area contributed by atoms with Crippen LogP contribution in [0.1, 0.15) is 27.2 Å². The van der Waals surface area contributed by atoms with Gasteiger partial charge in [-0.3, -0.25) is 4.79 Å². The second-order valence-corrected chi connectivity index (χ2v) is 8.04. The highest BCUT2D eigenvalue weighted by molar-refractivity contribution is 7.89. The summed E-state index contributed by atoms with van der Waals surface area (Å²) < 4.78 is 27.4. The lowest BCUT2D eigenvalue weighted by atomic mass is 10.1. The smallest absolute Gasteiger partial charge is 0.241 e. The lowest BCUT2D eigenvalue weighted by Crippen LogP contribution is -2.45. The number of benzene rings is 2. The zero-order valence-corrected chi connectivity index (χ0v) is 15.1. The van der Waals surface area contributed by atoms with Gasteiger partial charge in [0, 0.05) is 6.54 Å². The maximum Gasteiger partial charge on any atom is 0.241 e. The maximum absolute atomic E-state index is 12.5. The van der Waals surface area contributed by atoms with Crippen molar-refractivity contribution in [3.63, 3.8) is 0 Å². The first-order valence-corrected chi connectivity index (χ1v) is 9.57. The fourth-order valence-electron chi connectivity index (χ4n) is 2.33. The third-order valence-electron chi connectivity index (χ3n) is 3.78. The van der Waals surface area contributed by atoms with Gasteiger partial charge in [0.25, 0.3) is 0 Å². The molecular formula is C18H24N2O3S. The van der Waals surface area contributed by atoms with Gasteiger partial charge in [0.2, 0.25) is 15.9 Å². The second-order valence-electron chi connectivity index (χ2n) is 6.33. The molecule has 6 heteroatoms.